The normalized spacial score (nSPS) is 11.2. The molecule has 2 heterocycles. The lowest BCUT2D eigenvalue weighted by Gasteiger charge is -2.06. The number of benzene rings is 2. The van der Waals surface area contributed by atoms with Crippen LogP contribution >= 0.6 is 0 Å². The van der Waals surface area contributed by atoms with Crippen LogP contribution in [0.3, 0.4) is 0 Å². The molecule has 0 fully saturated rings. The molecule has 0 spiro atoms. The fourth-order valence-electron chi connectivity index (χ4n) is 2.79. The van der Waals surface area contributed by atoms with Crippen molar-refractivity contribution in [3.8, 4) is 0 Å². The lowest BCUT2D eigenvalue weighted by atomic mass is 10.2. The van der Waals surface area contributed by atoms with Crippen LogP contribution in [-0.4, -0.2) is 29.4 Å². The van der Waals surface area contributed by atoms with Gasteiger partial charge in [0.1, 0.15) is 5.58 Å². The number of carbonyl (C=O) groups is 1. The van der Waals surface area contributed by atoms with Gasteiger partial charge in [-0.2, -0.15) is 5.10 Å². The first-order valence-electron chi connectivity index (χ1n) is 7.99. The number of hydrogen-bond donors (Lipinski definition) is 1. The van der Waals surface area contributed by atoms with E-state index in [1.807, 2.05) is 47.1 Å². The number of para-hydroxylation sites is 1. The van der Waals surface area contributed by atoms with E-state index in [0.29, 0.717) is 24.4 Å². The van der Waals surface area contributed by atoms with Gasteiger partial charge in [-0.3, -0.25) is 9.48 Å². The van der Waals surface area contributed by atoms with Gasteiger partial charge in [0.25, 0.3) is 5.91 Å². The van der Waals surface area contributed by atoms with Crippen molar-refractivity contribution in [2.24, 2.45) is 0 Å². The highest BCUT2D eigenvalue weighted by Gasteiger charge is 2.13. The Hall–Kier alpha value is -3.12. The number of anilines is 1. The van der Waals surface area contributed by atoms with Gasteiger partial charge in [-0.15, -0.1) is 0 Å². The van der Waals surface area contributed by atoms with Crippen molar-refractivity contribution in [1.29, 1.82) is 0 Å². The number of carbonyl (C=O) groups excluding carboxylic acids is 1. The van der Waals surface area contributed by atoms with Gasteiger partial charge >= 0.3 is 0 Å². The molecule has 4 rings (SSSR count). The summed E-state index contributed by atoms with van der Waals surface area (Å²) < 4.78 is 12.6. The number of nitrogens with zero attached hydrogens (tertiary/aromatic N) is 2. The minimum atomic E-state index is -0.279. The van der Waals surface area contributed by atoms with Gasteiger partial charge in [0.15, 0.2) is 5.76 Å². The fourth-order valence-corrected chi connectivity index (χ4v) is 2.79. The van der Waals surface area contributed by atoms with Crippen molar-refractivity contribution in [2.45, 2.75) is 6.54 Å². The SMILES string of the molecule is COCCn1ncc2ccc(NC(=O)c3cc4ccccc4o3)cc21. The van der Waals surface area contributed by atoms with E-state index in [9.17, 15) is 4.79 Å². The molecule has 0 aliphatic carbocycles. The topological polar surface area (TPSA) is 69.3 Å². The van der Waals surface area contributed by atoms with Gasteiger partial charge < -0.3 is 14.5 Å². The highest BCUT2D eigenvalue weighted by atomic mass is 16.5. The van der Waals surface area contributed by atoms with E-state index < -0.39 is 0 Å². The second-order valence-electron chi connectivity index (χ2n) is 5.74. The van der Waals surface area contributed by atoms with E-state index in [-0.39, 0.29) is 11.7 Å². The molecule has 0 aliphatic heterocycles. The average Bonchev–Trinajstić information content (AvgIpc) is 3.23. The molecule has 6 heteroatoms. The van der Waals surface area contributed by atoms with Crippen LogP contribution in [0.15, 0.2) is 59.1 Å². The van der Waals surface area contributed by atoms with Crippen molar-refractivity contribution in [2.75, 3.05) is 19.0 Å². The zero-order chi connectivity index (χ0) is 17.2. The number of aromatic nitrogens is 2. The maximum Gasteiger partial charge on any atom is 0.291 e. The molecule has 1 amide bonds. The minimum Gasteiger partial charge on any atom is -0.451 e. The molecule has 1 N–H and O–H groups in total. The highest BCUT2D eigenvalue weighted by molar-refractivity contribution is 6.05. The molecule has 25 heavy (non-hydrogen) atoms. The maximum absolute atomic E-state index is 12.5. The lowest BCUT2D eigenvalue weighted by molar-refractivity contribution is 0.0998. The number of rotatable bonds is 5. The van der Waals surface area contributed by atoms with Crippen LogP contribution < -0.4 is 5.32 Å². The number of ether oxygens (including phenoxy) is 1. The highest BCUT2D eigenvalue weighted by Crippen LogP contribution is 2.22. The molecule has 0 atom stereocenters. The van der Waals surface area contributed by atoms with Crippen LogP contribution in [0, 0.1) is 0 Å². The number of fused-ring (bicyclic) bond motifs is 2. The van der Waals surface area contributed by atoms with E-state index >= 15 is 0 Å². The molecule has 4 aromatic rings. The zero-order valence-corrected chi connectivity index (χ0v) is 13.7. The van der Waals surface area contributed by atoms with Gasteiger partial charge in [0.05, 0.1) is 24.9 Å². The summed E-state index contributed by atoms with van der Waals surface area (Å²) in [5.74, 6) is 0.00712. The van der Waals surface area contributed by atoms with Gasteiger partial charge in [0, 0.05) is 23.6 Å². The molecule has 0 bridgehead atoms. The fraction of sp³-hybridized carbons (Fsp3) is 0.158. The van der Waals surface area contributed by atoms with Crippen molar-refractivity contribution in [3.05, 3.63) is 60.5 Å². The van der Waals surface area contributed by atoms with Crippen molar-refractivity contribution in [1.82, 2.24) is 9.78 Å². The monoisotopic (exact) mass is 335 g/mol. The molecule has 6 nitrogen and oxygen atoms in total. The number of furan rings is 1. The van der Waals surface area contributed by atoms with Crippen LogP contribution in [0.2, 0.25) is 0 Å². The van der Waals surface area contributed by atoms with Crippen LogP contribution in [0.25, 0.3) is 21.9 Å². The Labute approximate surface area is 144 Å². The Bertz CT molecular complexity index is 1020. The van der Waals surface area contributed by atoms with Gasteiger partial charge in [-0.25, -0.2) is 0 Å². The van der Waals surface area contributed by atoms with E-state index in [0.717, 1.165) is 16.3 Å². The van der Waals surface area contributed by atoms with E-state index in [2.05, 4.69) is 10.4 Å². The Morgan fingerprint density at radius 1 is 1.20 bits per heavy atom. The van der Waals surface area contributed by atoms with Gasteiger partial charge in [-0.1, -0.05) is 18.2 Å². The predicted octanol–water partition coefficient (Wildman–Crippen LogP) is 3.68. The third kappa shape index (κ3) is 2.99. The first kappa shape index (κ1) is 15.4. The Morgan fingerprint density at radius 2 is 2.08 bits per heavy atom. The Morgan fingerprint density at radius 3 is 2.92 bits per heavy atom. The standard InChI is InChI=1S/C19H17N3O3/c1-24-9-8-22-16-11-15(7-6-14(16)12-20-22)21-19(23)18-10-13-4-2-3-5-17(13)25-18/h2-7,10-12H,8-9H2,1H3,(H,21,23). The third-order valence-corrected chi connectivity index (χ3v) is 4.06. The Kier molecular flexibility index (Phi) is 3.95. The summed E-state index contributed by atoms with van der Waals surface area (Å²) in [6.07, 6.45) is 1.80. The quantitative estimate of drug-likeness (QED) is 0.604. The number of amides is 1. The first-order valence-corrected chi connectivity index (χ1v) is 7.99. The van der Waals surface area contributed by atoms with Crippen molar-refractivity contribution >= 4 is 33.5 Å². The van der Waals surface area contributed by atoms with Crippen molar-refractivity contribution in [3.63, 3.8) is 0 Å². The zero-order valence-electron chi connectivity index (χ0n) is 13.7. The number of methoxy groups -OCH3 is 1. The van der Waals surface area contributed by atoms with Gasteiger partial charge in [-0.05, 0) is 30.3 Å². The summed E-state index contributed by atoms with van der Waals surface area (Å²) in [6, 6.07) is 15.0. The maximum atomic E-state index is 12.5. The molecule has 0 aliphatic rings. The molecular weight excluding hydrogens is 318 g/mol. The minimum absolute atomic E-state index is 0.279. The molecule has 2 aromatic heterocycles. The summed E-state index contributed by atoms with van der Waals surface area (Å²) in [5.41, 5.74) is 2.33. The second-order valence-corrected chi connectivity index (χ2v) is 5.74. The predicted molar refractivity (Wildman–Crippen MR) is 95.8 cm³/mol. The molecule has 0 unspecified atom stereocenters. The summed E-state index contributed by atoms with van der Waals surface area (Å²) in [6.45, 7) is 1.23. The van der Waals surface area contributed by atoms with Crippen LogP contribution in [0.1, 0.15) is 10.6 Å². The third-order valence-electron chi connectivity index (χ3n) is 4.06. The smallest absolute Gasteiger partial charge is 0.291 e. The molecule has 0 saturated carbocycles. The van der Waals surface area contributed by atoms with Crippen molar-refractivity contribution < 1.29 is 13.9 Å². The molecular formula is C19H17N3O3. The van der Waals surface area contributed by atoms with E-state index in [4.69, 9.17) is 9.15 Å². The summed E-state index contributed by atoms with van der Waals surface area (Å²) in [4.78, 5) is 12.5. The number of nitrogens with one attached hydrogen (secondary N) is 1. The van der Waals surface area contributed by atoms with Gasteiger partial charge in [0.2, 0.25) is 0 Å². The molecule has 126 valence electrons. The van der Waals surface area contributed by atoms with Crippen LogP contribution in [-0.2, 0) is 11.3 Å². The average molecular weight is 335 g/mol. The largest absolute Gasteiger partial charge is 0.451 e. The Balaban J connectivity index is 1.59. The summed E-state index contributed by atoms with van der Waals surface area (Å²) >= 11 is 0. The number of hydrogen-bond acceptors (Lipinski definition) is 4. The first-order chi connectivity index (χ1) is 12.2. The van der Waals surface area contributed by atoms with Crippen LogP contribution in [0.5, 0.6) is 0 Å². The lowest BCUT2D eigenvalue weighted by Crippen LogP contribution is -2.11. The van der Waals surface area contributed by atoms with E-state index in [1.165, 1.54) is 0 Å². The molecule has 0 saturated heterocycles. The summed E-state index contributed by atoms with van der Waals surface area (Å²) in [7, 11) is 1.66. The molecule has 0 radical (unpaired) electrons. The van der Waals surface area contributed by atoms with E-state index in [1.54, 1.807) is 19.4 Å². The van der Waals surface area contributed by atoms with Crippen LogP contribution in [0.4, 0.5) is 5.69 Å². The summed E-state index contributed by atoms with van der Waals surface area (Å²) in [5, 5.41) is 9.14. The molecule has 2 aromatic carbocycles. The second kappa shape index (κ2) is 6.41.